The van der Waals surface area contributed by atoms with Gasteiger partial charge in [0.05, 0.1) is 25.4 Å². The van der Waals surface area contributed by atoms with E-state index >= 15 is 0 Å². The van der Waals surface area contributed by atoms with Gasteiger partial charge < -0.3 is 20.3 Å². The molecule has 1 amide bonds. The standard InChI is InChI=1S/C68H131NO5/c1-3-5-7-9-11-13-15-17-18-19-28-31-34-37-40-44-48-52-56-60-66(71)65(64-70)69-67(72)61-57-53-49-45-41-38-35-32-29-26-24-22-20-21-23-25-27-30-33-36-39-43-47-51-55-59-63-74-68(73)62-58-54-50-46-42-16-14-12-10-8-6-4-2/h12,14,20,22,65-66,70-71H,3-11,13,15-19,21,23-64H2,1-2H3,(H,69,72)/b14-12-,22-20-. The highest BCUT2D eigenvalue weighted by Gasteiger charge is 2.20. The average molecular weight is 1040 g/mol. The number of nitrogens with one attached hydrogen (secondary N) is 1. The molecule has 0 fully saturated rings. The van der Waals surface area contributed by atoms with Crippen LogP contribution in [-0.2, 0) is 14.3 Å². The minimum atomic E-state index is -0.666. The smallest absolute Gasteiger partial charge is 0.305 e. The lowest BCUT2D eigenvalue weighted by Crippen LogP contribution is -2.45. The van der Waals surface area contributed by atoms with Crippen LogP contribution in [0.4, 0.5) is 0 Å². The topological polar surface area (TPSA) is 95.9 Å². The molecule has 3 N–H and O–H groups in total. The summed E-state index contributed by atoms with van der Waals surface area (Å²) in [6, 6.07) is -0.543. The summed E-state index contributed by atoms with van der Waals surface area (Å²) in [4.78, 5) is 24.5. The maximum atomic E-state index is 12.5. The Morgan fingerprint density at radius 3 is 0.986 bits per heavy atom. The molecule has 0 aliphatic heterocycles. The van der Waals surface area contributed by atoms with Gasteiger partial charge in [-0.1, -0.05) is 308 Å². The number of carbonyl (C=O) groups is 2. The fraction of sp³-hybridized carbons (Fsp3) is 0.912. The van der Waals surface area contributed by atoms with Crippen molar-refractivity contribution in [3.8, 4) is 0 Å². The molecule has 0 radical (unpaired) electrons. The van der Waals surface area contributed by atoms with Crippen LogP contribution in [0.2, 0.25) is 0 Å². The first-order valence-corrected chi connectivity index (χ1v) is 33.6. The summed E-state index contributed by atoms with van der Waals surface area (Å²) >= 11 is 0. The molecular formula is C68H131NO5. The number of unbranched alkanes of at least 4 members (excludes halogenated alkanes) is 48. The number of rotatable bonds is 63. The first-order valence-electron chi connectivity index (χ1n) is 33.6. The zero-order chi connectivity index (χ0) is 53.6. The van der Waals surface area contributed by atoms with Crippen LogP contribution in [0, 0.1) is 0 Å². The van der Waals surface area contributed by atoms with Gasteiger partial charge in [-0.05, 0) is 77.0 Å². The van der Waals surface area contributed by atoms with Crippen LogP contribution in [0.15, 0.2) is 24.3 Å². The molecule has 0 aromatic carbocycles. The molecule has 6 nitrogen and oxygen atoms in total. The van der Waals surface area contributed by atoms with Gasteiger partial charge in [-0.2, -0.15) is 0 Å². The number of ether oxygens (including phenoxy) is 1. The third-order valence-electron chi connectivity index (χ3n) is 15.7. The molecule has 0 saturated heterocycles. The summed E-state index contributed by atoms with van der Waals surface area (Å²) in [6.07, 6.45) is 79.2. The van der Waals surface area contributed by atoms with Crippen molar-refractivity contribution in [1.29, 1.82) is 0 Å². The summed E-state index contributed by atoms with van der Waals surface area (Å²) in [7, 11) is 0. The van der Waals surface area contributed by atoms with Crippen molar-refractivity contribution >= 4 is 11.9 Å². The summed E-state index contributed by atoms with van der Waals surface area (Å²) in [5, 5.41) is 23.4. The van der Waals surface area contributed by atoms with Crippen LogP contribution in [0.5, 0.6) is 0 Å². The highest BCUT2D eigenvalue weighted by molar-refractivity contribution is 5.76. The molecular weight excluding hydrogens is 911 g/mol. The number of amides is 1. The van der Waals surface area contributed by atoms with Crippen molar-refractivity contribution in [1.82, 2.24) is 5.32 Å². The zero-order valence-corrected chi connectivity index (χ0v) is 50.1. The summed E-state index contributed by atoms with van der Waals surface area (Å²) < 4.78 is 5.47. The quantitative estimate of drug-likeness (QED) is 0.0320. The highest BCUT2D eigenvalue weighted by atomic mass is 16.5. The average Bonchev–Trinajstić information content (AvgIpc) is 3.40. The Morgan fingerprint density at radius 2 is 0.635 bits per heavy atom. The van der Waals surface area contributed by atoms with Crippen LogP contribution in [0.3, 0.4) is 0 Å². The van der Waals surface area contributed by atoms with E-state index in [4.69, 9.17) is 4.74 Å². The lowest BCUT2D eigenvalue weighted by atomic mass is 10.0. The molecule has 6 heteroatoms. The van der Waals surface area contributed by atoms with Gasteiger partial charge in [0.1, 0.15) is 0 Å². The van der Waals surface area contributed by atoms with Gasteiger partial charge in [0.25, 0.3) is 0 Å². The van der Waals surface area contributed by atoms with Crippen LogP contribution in [-0.4, -0.2) is 47.4 Å². The Labute approximate surface area is 462 Å². The van der Waals surface area contributed by atoms with Crippen molar-refractivity contribution in [2.75, 3.05) is 13.2 Å². The second-order valence-electron chi connectivity index (χ2n) is 23.1. The Balaban J connectivity index is 3.39. The number of allylic oxidation sites excluding steroid dienone is 4. The van der Waals surface area contributed by atoms with Crippen molar-refractivity contribution in [2.24, 2.45) is 0 Å². The van der Waals surface area contributed by atoms with Crippen molar-refractivity contribution in [3.63, 3.8) is 0 Å². The van der Waals surface area contributed by atoms with Gasteiger partial charge in [0.15, 0.2) is 0 Å². The summed E-state index contributed by atoms with van der Waals surface area (Å²) in [5.74, 6) is -0.0285. The fourth-order valence-corrected chi connectivity index (χ4v) is 10.6. The lowest BCUT2D eigenvalue weighted by Gasteiger charge is -2.22. The third-order valence-corrected chi connectivity index (χ3v) is 15.7. The summed E-state index contributed by atoms with van der Waals surface area (Å²) in [6.45, 7) is 4.96. The zero-order valence-electron chi connectivity index (χ0n) is 50.1. The minimum Gasteiger partial charge on any atom is -0.466 e. The molecule has 74 heavy (non-hydrogen) atoms. The number of carbonyl (C=O) groups excluding carboxylic acids is 2. The molecule has 438 valence electrons. The fourth-order valence-electron chi connectivity index (χ4n) is 10.6. The van der Waals surface area contributed by atoms with E-state index in [-0.39, 0.29) is 18.5 Å². The second-order valence-corrected chi connectivity index (χ2v) is 23.1. The number of esters is 1. The first kappa shape index (κ1) is 72.3. The maximum absolute atomic E-state index is 12.5. The molecule has 0 aliphatic carbocycles. The van der Waals surface area contributed by atoms with E-state index in [1.165, 1.54) is 295 Å². The van der Waals surface area contributed by atoms with Crippen LogP contribution in [0.25, 0.3) is 0 Å². The number of hydrogen-bond donors (Lipinski definition) is 3. The third kappa shape index (κ3) is 59.6. The number of aliphatic hydroxyl groups is 2. The monoisotopic (exact) mass is 1040 g/mol. The SMILES string of the molecule is CCCCC/C=C\CCCCCCCC(=O)OCCCCCCCCCCCCCC/C=C\CCCCCCCCCCCCC(=O)NC(CO)C(O)CCCCCCCCCCCCCCCCCCCCC. The van der Waals surface area contributed by atoms with Crippen molar-refractivity contribution in [2.45, 2.75) is 386 Å². The molecule has 0 spiro atoms. The van der Waals surface area contributed by atoms with E-state index in [0.29, 0.717) is 25.9 Å². The van der Waals surface area contributed by atoms with E-state index < -0.39 is 12.1 Å². The van der Waals surface area contributed by atoms with Crippen LogP contribution >= 0.6 is 0 Å². The molecule has 0 saturated carbocycles. The molecule has 0 rings (SSSR count). The molecule has 0 bridgehead atoms. The second kappa shape index (κ2) is 63.9. The van der Waals surface area contributed by atoms with Gasteiger partial charge in [0.2, 0.25) is 5.91 Å². The molecule has 2 unspecified atom stereocenters. The predicted octanol–water partition coefficient (Wildman–Crippen LogP) is 21.4. The van der Waals surface area contributed by atoms with E-state index in [1.54, 1.807) is 0 Å². The normalized spacial score (nSPS) is 12.6. The predicted molar refractivity (Wildman–Crippen MR) is 324 cm³/mol. The lowest BCUT2D eigenvalue weighted by molar-refractivity contribution is -0.143. The Bertz CT molecular complexity index is 1150. The van der Waals surface area contributed by atoms with Crippen molar-refractivity contribution < 1.29 is 24.5 Å². The van der Waals surface area contributed by atoms with Gasteiger partial charge in [0, 0.05) is 12.8 Å². The van der Waals surface area contributed by atoms with Gasteiger partial charge in [-0.25, -0.2) is 0 Å². The number of aliphatic hydroxyl groups excluding tert-OH is 2. The van der Waals surface area contributed by atoms with Crippen molar-refractivity contribution in [3.05, 3.63) is 24.3 Å². The van der Waals surface area contributed by atoms with Gasteiger partial charge in [-0.3, -0.25) is 9.59 Å². The van der Waals surface area contributed by atoms with Gasteiger partial charge in [-0.15, -0.1) is 0 Å². The summed E-state index contributed by atoms with van der Waals surface area (Å²) in [5.41, 5.74) is 0. The molecule has 2 atom stereocenters. The number of hydrogen-bond acceptors (Lipinski definition) is 5. The molecule has 0 aromatic heterocycles. The van der Waals surface area contributed by atoms with E-state index in [2.05, 4.69) is 43.5 Å². The largest absolute Gasteiger partial charge is 0.466 e. The highest BCUT2D eigenvalue weighted by Crippen LogP contribution is 2.18. The molecule has 0 heterocycles. The molecule has 0 aromatic rings. The Morgan fingerprint density at radius 1 is 0.365 bits per heavy atom. The molecule has 0 aliphatic rings. The minimum absolute atomic E-state index is 0.00473. The van der Waals surface area contributed by atoms with Crippen LogP contribution in [0.1, 0.15) is 373 Å². The first-order chi connectivity index (χ1) is 36.5. The Kier molecular flexibility index (Phi) is 62.4. The Hall–Kier alpha value is -1.66. The maximum Gasteiger partial charge on any atom is 0.305 e. The van der Waals surface area contributed by atoms with Gasteiger partial charge >= 0.3 is 5.97 Å². The van der Waals surface area contributed by atoms with E-state index in [1.807, 2.05) is 0 Å². The van der Waals surface area contributed by atoms with Crippen LogP contribution < -0.4 is 5.32 Å². The van der Waals surface area contributed by atoms with E-state index in [0.717, 1.165) is 44.9 Å². The van der Waals surface area contributed by atoms with E-state index in [9.17, 15) is 19.8 Å².